The Balaban J connectivity index is 0.00000324. The quantitative estimate of drug-likeness (QED) is 0.755. The average Bonchev–Trinajstić information content (AvgIpc) is 2.33. The smallest absolute Gasteiger partial charge is 0.220 e. The predicted octanol–water partition coefficient (Wildman–Crippen LogP) is 2.38. The normalized spacial score (nSPS) is 9.84. The molecule has 0 saturated carbocycles. The van der Waals surface area contributed by atoms with E-state index in [2.05, 4.69) is 42.7 Å². The Morgan fingerprint density at radius 2 is 1.95 bits per heavy atom. The van der Waals surface area contributed by atoms with Crippen molar-refractivity contribution >= 4 is 18.3 Å². The standard InChI is InChI=1S/C15H24N2O.ClH/c1-12-5-6-14(13(2)11-12)7-8-15(18)17-10-4-9-16-3;/h5-6,11,16H,4,7-10H2,1-3H3,(H,17,18);1H. The van der Waals surface area contributed by atoms with Crippen LogP contribution in [0.4, 0.5) is 0 Å². The van der Waals surface area contributed by atoms with Gasteiger partial charge in [-0.15, -0.1) is 12.4 Å². The number of nitrogens with one attached hydrogen (secondary N) is 2. The molecule has 0 aliphatic rings. The van der Waals surface area contributed by atoms with Gasteiger partial charge in [-0.3, -0.25) is 4.79 Å². The van der Waals surface area contributed by atoms with Crippen LogP contribution in [0.5, 0.6) is 0 Å². The number of hydrogen-bond acceptors (Lipinski definition) is 2. The Morgan fingerprint density at radius 1 is 1.21 bits per heavy atom. The van der Waals surface area contributed by atoms with Gasteiger partial charge in [0.2, 0.25) is 5.91 Å². The molecular formula is C15H25ClN2O. The fraction of sp³-hybridized carbons (Fsp3) is 0.533. The third kappa shape index (κ3) is 7.19. The van der Waals surface area contributed by atoms with E-state index in [-0.39, 0.29) is 18.3 Å². The molecule has 0 aliphatic carbocycles. The Bertz CT molecular complexity index is 394. The first kappa shape index (κ1) is 17.9. The molecule has 1 rings (SSSR count). The van der Waals surface area contributed by atoms with Crippen molar-refractivity contribution in [2.45, 2.75) is 33.1 Å². The van der Waals surface area contributed by atoms with Crippen molar-refractivity contribution in [1.82, 2.24) is 10.6 Å². The highest BCUT2D eigenvalue weighted by Gasteiger charge is 2.03. The van der Waals surface area contributed by atoms with Gasteiger partial charge >= 0.3 is 0 Å². The number of rotatable bonds is 7. The van der Waals surface area contributed by atoms with Crippen molar-refractivity contribution in [3.05, 3.63) is 34.9 Å². The monoisotopic (exact) mass is 284 g/mol. The van der Waals surface area contributed by atoms with Crippen molar-refractivity contribution in [3.63, 3.8) is 0 Å². The summed E-state index contributed by atoms with van der Waals surface area (Å²) < 4.78 is 0. The largest absolute Gasteiger partial charge is 0.356 e. The van der Waals surface area contributed by atoms with Gasteiger partial charge in [0.15, 0.2) is 0 Å². The molecule has 19 heavy (non-hydrogen) atoms. The lowest BCUT2D eigenvalue weighted by Crippen LogP contribution is -2.26. The molecule has 1 amide bonds. The summed E-state index contributed by atoms with van der Waals surface area (Å²) in [6.07, 6.45) is 2.37. The van der Waals surface area contributed by atoms with Crippen LogP contribution in [0.15, 0.2) is 18.2 Å². The van der Waals surface area contributed by atoms with E-state index in [9.17, 15) is 4.79 Å². The summed E-state index contributed by atoms with van der Waals surface area (Å²) >= 11 is 0. The van der Waals surface area contributed by atoms with E-state index in [1.54, 1.807) is 0 Å². The highest BCUT2D eigenvalue weighted by atomic mass is 35.5. The minimum Gasteiger partial charge on any atom is -0.356 e. The second-order valence-corrected chi connectivity index (χ2v) is 4.74. The van der Waals surface area contributed by atoms with Crippen LogP contribution in [0, 0.1) is 13.8 Å². The Morgan fingerprint density at radius 3 is 2.58 bits per heavy atom. The van der Waals surface area contributed by atoms with Crippen LogP contribution in [-0.2, 0) is 11.2 Å². The van der Waals surface area contributed by atoms with Crippen molar-refractivity contribution in [1.29, 1.82) is 0 Å². The van der Waals surface area contributed by atoms with E-state index in [0.29, 0.717) is 6.42 Å². The summed E-state index contributed by atoms with van der Waals surface area (Å²) in [5, 5.41) is 6.00. The van der Waals surface area contributed by atoms with Gasteiger partial charge in [-0.1, -0.05) is 23.8 Å². The molecule has 0 fully saturated rings. The number of carbonyl (C=O) groups excluding carboxylic acids is 1. The van der Waals surface area contributed by atoms with E-state index in [1.165, 1.54) is 16.7 Å². The van der Waals surface area contributed by atoms with E-state index in [0.717, 1.165) is 25.9 Å². The highest BCUT2D eigenvalue weighted by Crippen LogP contribution is 2.12. The zero-order chi connectivity index (χ0) is 13.4. The average molecular weight is 285 g/mol. The summed E-state index contributed by atoms with van der Waals surface area (Å²) in [4.78, 5) is 11.6. The molecule has 0 radical (unpaired) electrons. The molecule has 1 aromatic carbocycles. The molecule has 0 spiro atoms. The fourth-order valence-corrected chi connectivity index (χ4v) is 1.96. The van der Waals surface area contributed by atoms with E-state index in [4.69, 9.17) is 0 Å². The van der Waals surface area contributed by atoms with Crippen LogP contribution >= 0.6 is 12.4 Å². The summed E-state index contributed by atoms with van der Waals surface area (Å²) in [7, 11) is 1.92. The fourth-order valence-electron chi connectivity index (χ4n) is 1.96. The molecule has 1 aromatic rings. The zero-order valence-electron chi connectivity index (χ0n) is 12.1. The molecule has 108 valence electrons. The van der Waals surface area contributed by atoms with Gasteiger partial charge in [-0.2, -0.15) is 0 Å². The lowest BCUT2D eigenvalue weighted by molar-refractivity contribution is -0.121. The molecule has 0 aromatic heterocycles. The van der Waals surface area contributed by atoms with Gasteiger partial charge in [0.1, 0.15) is 0 Å². The number of halogens is 1. The van der Waals surface area contributed by atoms with Gasteiger partial charge in [-0.25, -0.2) is 0 Å². The number of carbonyl (C=O) groups is 1. The van der Waals surface area contributed by atoms with Gasteiger partial charge in [0, 0.05) is 13.0 Å². The van der Waals surface area contributed by atoms with Crippen LogP contribution in [0.25, 0.3) is 0 Å². The number of benzene rings is 1. The first-order valence-electron chi connectivity index (χ1n) is 6.61. The van der Waals surface area contributed by atoms with Crippen molar-refractivity contribution in [2.75, 3.05) is 20.1 Å². The van der Waals surface area contributed by atoms with Crippen LogP contribution in [0.1, 0.15) is 29.5 Å². The van der Waals surface area contributed by atoms with Gasteiger partial charge < -0.3 is 10.6 Å². The Hall–Kier alpha value is -1.06. The maximum atomic E-state index is 11.6. The molecule has 4 heteroatoms. The number of aryl methyl sites for hydroxylation is 3. The zero-order valence-corrected chi connectivity index (χ0v) is 12.9. The van der Waals surface area contributed by atoms with Gasteiger partial charge in [0.05, 0.1) is 0 Å². The molecule has 2 N–H and O–H groups in total. The maximum absolute atomic E-state index is 11.6. The molecule has 0 atom stereocenters. The summed E-state index contributed by atoms with van der Waals surface area (Å²) in [6.45, 7) is 5.89. The molecular weight excluding hydrogens is 260 g/mol. The minimum absolute atomic E-state index is 0. The molecule has 0 aliphatic heterocycles. The molecule has 0 heterocycles. The third-order valence-corrected chi connectivity index (χ3v) is 3.05. The van der Waals surface area contributed by atoms with Crippen molar-refractivity contribution < 1.29 is 4.79 Å². The van der Waals surface area contributed by atoms with Gasteiger partial charge in [-0.05, 0) is 51.4 Å². The predicted molar refractivity (Wildman–Crippen MR) is 83.0 cm³/mol. The first-order chi connectivity index (χ1) is 8.63. The van der Waals surface area contributed by atoms with Crippen molar-refractivity contribution in [3.8, 4) is 0 Å². The van der Waals surface area contributed by atoms with Crippen LogP contribution < -0.4 is 10.6 Å². The second-order valence-electron chi connectivity index (χ2n) is 4.74. The first-order valence-corrected chi connectivity index (χ1v) is 6.61. The second kappa shape index (κ2) is 9.82. The molecule has 0 bridgehead atoms. The summed E-state index contributed by atoms with van der Waals surface area (Å²) in [5.41, 5.74) is 3.82. The van der Waals surface area contributed by atoms with E-state index >= 15 is 0 Å². The van der Waals surface area contributed by atoms with E-state index < -0.39 is 0 Å². The van der Waals surface area contributed by atoms with Crippen LogP contribution in [0.3, 0.4) is 0 Å². The highest BCUT2D eigenvalue weighted by molar-refractivity contribution is 5.85. The summed E-state index contributed by atoms with van der Waals surface area (Å²) in [5.74, 6) is 0.145. The maximum Gasteiger partial charge on any atom is 0.220 e. The SMILES string of the molecule is CNCCCNC(=O)CCc1ccc(C)cc1C.Cl. The van der Waals surface area contributed by atoms with E-state index in [1.807, 2.05) is 7.05 Å². The topological polar surface area (TPSA) is 41.1 Å². The van der Waals surface area contributed by atoms with Crippen LogP contribution in [-0.4, -0.2) is 26.0 Å². The molecule has 0 unspecified atom stereocenters. The Kier molecular flexibility index (Phi) is 9.27. The number of amides is 1. The minimum atomic E-state index is 0. The Labute approximate surface area is 122 Å². The number of hydrogen-bond donors (Lipinski definition) is 2. The van der Waals surface area contributed by atoms with Crippen LogP contribution in [0.2, 0.25) is 0 Å². The van der Waals surface area contributed by atoms with Gasteiger partial charge in [0.25, 0.3) is 0 Å². The lowest BCUT2D eigenvalue weighted by atomic mass is 10.0. The lowest BCUT2D eigenvalue weighted by Gasteiger charge is -2.08. The van der Waals surface area contributed by atoms with Crippen molar-refractivity contribution in [2.24, 2.45) is 0 Å². The summed E-state index contributed by atoms with van der Waals surface area (Å²) in [6, 6.07) is 6.40. The molecule has 0 saturated heterocycles. The molecule has 3 nitrogen and oxygen atoms in total. The third-order valence-electron chi connectivity index (χ3n) is 3.05.